The number of carbonyl (C=O) groups is 1. The number of rotatable bonds is 5. The van der Waals surface area contributed by atoms with Gasteiger partial charge in [0.1, 0.15) is 11.2 Å². The second-order valence-electron chi connectivity index (χ2n) is 5.72. The number of hydrogen-bond donors (Lipinski definition) is 1. The number of hydrogen-bond acceptors (Lipinski definition) is 7. The van der Waals surface area contributed by atoms with E-state index >= 15 is 0 Å². The molecule has 0 atom stereocenters. The van der Waals surface area contributed by atoms with Crippen molar-refractivity contribution in [3.05, 3.63) is 40.8 Å². The zero-order chi connectivity index (χ0) is 18.0. The number of aryl methyl sites for hydroxylation is 3. The molecule has 0 unspecified atom stereocenters. The Balaban J connectivity index is 2.12. The largest absolute Gasteiger partial charge is 0.460 e. The van der Waals surface area contributed by atoms with Gasteiger partial charge in [-0.25, -0.2) is 9.78 Å². The van der Waals surface area contributed by atoms with Crippen LogP contribution < -0.4 is 5.32 Å². The van der Waals surface area contributed by atoms with Crippen molar-refractivity contribution < 1.29 is 14.1 Å². The summed E-state index contributed by atoms with van der Waals surface area (Å²) in [6.45, 7) is 7.99. The molecule has 25 heavy (non-hydrogen) atoms. The highest BCUT2D eigenvalue weighted by Gasteiger charge is 2.21. The minimum Gasteiger partial charge on any atom is -0.460 e. The van der Waals surface area contributed by atoms with Gasteiger partial charge in [-0.2, -0.15) is 4.98 Å². The molecule has 1 aromatic carbocycles. The van der Waals surface area contributed by atoms with E-state index in [1.54, 1.807) is 6.92 Å². The lowest BCUT2D eigenvalue weighted by atomic mass is 10.1. The van der Waals surface area contributed by atoms with Crippen LogP contribution in [-0.2, 0) is 11.2 Å². The lowest BCUT2D eigenvalue weighted by Crippen LogP contribution is -2.11. The van der Waals surface area contributed by atoms with Crippen molar-refractivity contribution in [2.75, 3.05) is 11.9 Å². The molecule has 0 saturated carbocycles. The van der Waals surface area contributed by atoms with Crippen molar-refractivity contribution in [2.45, 2.75) is 34.1 Å². The molecule has 0 radical (unpaired) electrons. The molecule has 1 N–H and O–H groups in total. The van der Waals surface area contributed by atoms with Crippen LogP contribution in [0.4, 0.5) is 11.5 Å². The van der Waals surface area contributed by atoms with Crippen LogP contribution in [0.3, 0.4) is 0 Å². The molecule has 7 heteroatoms. The summed E-state index contributed by atoms with van der Waals surface area (Å²) in [5, 5.41) is 7.99. The van der Waals surface area contributed by atoms with Gasteiger partial charge in [0.2, 0.25) is 5.82 Å². The maximum Gasteiger partial charge on any atom is 0.376 e. The Morgan fingerprint density at radius 3 is 2.72 bits per heavy atom. The number of esters is 1. The fraction of sp³-hybridized carbons (Fsp3) is 0.333. The van der Waals surface area contributed by atoms with E-state index in [0.717, 1.165) is 16.9 Å². The standard InChI is InChI=1S/C18H20N4O3/c1-5-12-14-15(19-13-8-7-10(3)9-11(13)4)20-16(18(23)24-6-2)21-17(14)25-22-12/h7-9H,5-6H2,1-4H3,(H,19,20,21). The summed E-state index contributed by atoms with van der Waals surface area (Å²) < 4.78 is 10.3. The second kappa shape index (κ2) is 6.88. The fourth-order valence-corrected chi connectivity index (χ4v) is 2.61. The van der Waals surface area contributed by atoms with Crippen molar-refractivity contribution in [1.29, 1.82) is 0 Å². The Kier molecular flexibility index (Phi) is 4.65. The van der Waals surface area contributed by atoms with Crippen molar-refractivity contribution in [3.63, 3.8) is 0 Å². The quantitative estimate of drug-likeness (QED) is 0.708. The van der Waals surface area contributed by atoms with Gasteiger partial charge < -0.3 is 14.6 Å². The summed E-state index contributed by atoms with van der Waals surface area (Å²) in [5.41, 5.74) is 4.13. The van der Waals surface area contributed by atoms with Gasteiger partial charge >= 0.3 is 5.97 Å². The lowest BCUT2D eigenvalue weighted by Gasteiger charge is -2.11. The number of nitrogens with zero attached hydrogens (tertiary/aromatic N) is 3. The molecule has 0 spiro atoms. The minimum atomic E-state index is -0.595. The van der Waals surface area contributed by atoms with Crippen LogP contribution in [0.1, 0.15) is 41.3 Å². The molecule has 2 aromatic heterocycles. The zero-order valence-electron chi connectivity index (χ0n) is 14.7. The molecule has 0 aliphatic rings. The van der Waals surface area contributed by atoms with Crippen LogP contribution >= 0.6 is 0 Å². The van der Waals surface area contributed by atoms with E-state index in [1.807, 2.05) is 32.9 Å². The van der Waals surface area contributed by atoms with E-state index in [4.69, 9.17) is 9.26 Å². The van der Waals surface area contributed by atoms with Gasteiger partial charge in [0.05, 0.1) is 12.3 Å². The highest BCUT2D eigenvalue weighted by atomic mass is 16.5. The average molecular weight is 340 g/mol. The lowest BCUT2D eigenvalue weighted by molar-refractivity contribution is 0.0512. The third-order valence-electron chi connectivity index (χ3n) is 3.83. The summed E-state index contributed by atoms with van der Waals surface area (Å²) in [6, 6.07) is 6.05. The monoisotopic (exact) mass is 340 g/mol. The van der Waals surface area contributed by atoms with E-state index in [-0.39, 0.29) is 18.1 Å². The Morgan fingerprint density at radius 1 is 1.24 bits per heavy atom. The summed E-state index contributed by atoms with van der Waals surface area (Å²) in [6.07, 6.45) is 0.663. The van der Waals surface area contributed by atoms with E-state index < -0.39 is 5.97 Å². The maximum atomic E-state index is 12.0. The first kappa shape index (κ1) is 16.9. The van der Waals surface area contributed by atoms with Gasteiger partial charge in [0.15, 0.2) is 0 Å². The number of benzene rings is 1. The number of aromatic nitrogens is 3. The molecule has 130 valence electrons. The third-order valence-corrected chi connectivity index (χ3v) is 3.83. The van der Waals surface area contributed by atoms with Crippen molar-refractivity contribution in [2.24, 2.45) is 0 Å². The molecule has 0 aliphatic heterocycles. The van der Waals surface area contributed by atoms with Crippen LogP contribution in [0.15, 0.2) is 22.7 Å². The normalized spacial score (nSPS) is 10.9. The van der Waals surface area contributed by atoms with Crippen LogP contribution in [-0.4, -0.2) is 27.7 Å². The number of fused-ring (bicyclic) bond motifs is 1. The number of anilines is 2. The van der Waals surface area contributed by atoms with E-state index in [9.17, 15) is 4.79 Å². The Hall–Kier alpha value is -2.96. The molecule has 0 bridgehead atoms. The summed E-state index contributed by atoms with van der Waals surface area (Å²) in [4.78, 5) is 20.6. The molecular formula is C18H20N4O3. The minimum absolute atomic E-state index is 0.0552. The molecular weight excluding hydrogens is 320 g/mol. The molecule has 3 rings (SSSR count). The Labute approximate surface area is 145 Å². The number of carbonyl (C=O) groups excluding carboxylic acids is 1. The van der Waals surface area contributed by atoms with Crippen molar-refractivity contribution in [1.82, 2.24) is 15.1 Å². The first-order valence-corrected chi connectivity index (χ1v) is 8.21. The van der Waals surface area contributed by atoms with Gasteiger partial charge in [-0.15, -0.1) is 0 Å². The first-order chi connectivity index (χ1) is 12.0. The van der Waals surface area contributed by atoms with E-state index in [1.165, 1.54) is 5.56 Å². The van der Waals surface area contributed by atoms with E-state index in [2.05, 4.69) is 26.5 Å². The molecule has 0 amide bonds. The highest BCUT2D eigenvalue weighted by Crippen LogP contribution is 2.29. The Morgan fingerprint density at radius 2 is 2.04 bits per heavy atom. The van der Waals surface area contributed by atoms with Gasteiger partial charge in [0, 0.05) is 5.69 Å². The van der Waals surface area contributed by atoms with Gasteiger partial charge in [-0.1, -0.05) is 29.8 Å². The topological polar surface area (TPSA) is 90.1 Å². The third kappa shape index (κ3) is 3.31. The first-order valence-electron chi connectivity index (χ1n) is 8.21. The number of ether oxygens (including phenoxy) is 1. The van der Waals surface area contributed by atoms with Crippen LogP contribution in [0, 0.1) is 13.8 Å². The predicted octanol–water partition coefficient (Wildman–Crippen LogP) is 3.72. The van der Waals surface area contributed by atoms with Crippen LogP contribution in [0.25, 0.3) is 11.1 Å². The summed E-state index contributed by atoms with van der Waals surface area (Å²) in [7, 11) is 0. The smallest absolute Gasteiger partial charge is 0.376 e. The van der Waals surface area contributed by atoms with Crippen LogP contribution in [0.2, 0.25) is 0 Å². The SMILES string of the molecule is CCOC(=O)c1nc(Nc2ccc(C)cc2C)c2c(CC)noc2n1. The Bertz CT molecular complexity index is 933. The average Bonchev–Trinajstić information content (AvgIpc) is 3.01. The maximum absolute atomic E-state index is 12.0. The van der Waals surface area contributed by atoms with Crippen LogP contribution in [0.5, 0.6) is 0 Å². The molecule has 7 nitrogen and oxygen atoms in total. The molecule has 0 saturated heterocycles. The second-order valence-corrected chi connectivity index (χ2v) is 5.72. The molecule has 2 heterocycles. The molecule has 0 aliphatic carbocycles. The number of nitrogens with one attached hydrogen (secondary N) is 1. The van der Waals surface area contributed by atoms with E-state index in [0.29, 0.717) is 17.6 Å². The fourth-order valence-electron chi connectivity index (χ4n) is 2.61. The highest BCUT2D eigenvalue weighted by molar-refractivity contribution is 5.94. The van der Waals surface area contributed by atoms with Gasteiger partial charge in [0.25, 0.3) is 5.71 Å². The predicted molar refractivity (Wildman–Crippen MR) is 94.1 cm³/mol. The summed E-state index contributed by atoms with van der Waals surface area (Å²) >= 11 is 0. The van der Waals surface area contributed by atoms with Gasteiger partial charge in [-0.3, -0.25) is 0 Å². The molecule has 3 aromatic rings. The van der Waals surface area contributed by atoms with Crippen molar-refractivity contribution >= 4 is 28.6 Å². The zero-order valence-corrected chi connectivity index (χ0v) is 14.7. The summed E-state index contributed by atoms with van der Waals surface area (Å²) in [5.74, 6) is -0.166. The molecule has 0 fully saturated rings. The van der Waals surface area contributed by atoms with Crippen molar-refractivity contribution in [3.8, 4) is 0 Å². The van der Waals surface area contributed by atoms with Gasteiger partial charge in [-0.05, 0) is 38.8 Å².